The molecule has 2 heteroatoms. The van der Waals surface area contributed by atoms with Gasteiger partial charge in [0.05, 0.1) is 0 Å². The second-order valence-corrected chi connectivity index (χ2v) is 6.17. The van der Waals surface area contributed by atoms with E-state index in [0.717, 1.165) is 4.47 Å². The highest BCUT2D eigenvalue weighted by Crippen LogP contribution is 2.37. The summed E-state index contributed by atoms with van der Waals surface area (Å²) in [7, 11) is 0. The smallest absolute Gasteiger partial charge is 0.0314 e. The maximum Gasteiger partial charge on any atom is 0.0314 e. The highest BCUT2D eigenvalue weighted by atomic mass is 79.9. The average Bonchev–Trinajstić information content (AvgIpc) is 2.25. The molecule has 0 aliphatic heterocycles. The minimum absolute atomic E-state index is 1.16. The van der Waals surface area contributed by atoms with Crippen LogP contribution in [0.1, 0.15) is 16.7 Å². The summed E-state index contributed by atoms with van der Waals surface area (Å²) in [6.45, 7) is 6.51. The van der Waals surface area contributed by atoms with Gasteiger partial charge in [0.25, 0.3) is 0 Å². The van der Waals surface area contributed by atoms with Crippen LogP contribution in [0.4, 0.5) is 0 Å². The normalized spacial score (nSPS) is 10.6. The third-order valence-corrected chi connectivity index (χ3v) is 5.03. The predicted molar refractivity (Wildman–Crippen MR) is 78.9 cm³/mol. The van der Waals surface area contributed by atoms with E-state index in [2.05, 4.69) is 67.0 Å². The van der Waals surface area contributed by atoms with Crippen molar-refractivity contribution in [3.8, 4) is 0 Å². The first kappa shape index (κ1) is 12.7. The van der Waals surface area contributed by atoms with Crippen molar-refractivity contribution < 1.29 is 0 Å². The summed E-state index contributed by atoms with van der Waals surface area (Å²) in [5.74, 6) is 0. The van der Waals surface area contributed by atoms with Gasteiger partial charge in [-0.15, -0.1) is 0 Å². The molecular formula is C15H15BrS. The van der Waals surface area contributed by atoms with Gasteiger partial charge < -0.3 is 0 Å². The van der Waals surface area contributed by atoms with E-state index in [0.29, 0.717) is 0 Å². The summed E-state index contributed by atoms with van der Waals surface area (Å²) < 4.78 is 1.16. The van der Waals surface area contributed by atoms with Gasteiger partial charge >= 0.3 is 0 Å². The minimum atomic E-state index is 1.16. The third kappa shape index (κ3) is 2.93. The van der Waals surface area contributed by atoms with Gasteiger partial charge in [-0.3, -0.25) is 0 Å². The quantitative estimate of drug-likeness (QED) is 0.703. The molecule has 0 spiro atoms. The highest BCUT2D eigenvalue weighted by Gasteiger charge is 2.07. The Labute approximate surface area is 116 Å². The van der Waals surface area contributed by atoms with Crippen molar-refractivity contribution >= 4 is 27.7 Å². The molecule has 0 heterocycles. The molecule has 0 amide bonds. The van der Waals surface area contributed by atoms with Gasteiger partial charge in [0, 0.05) is 14.3 Å². The zero-order valence-electron chi connectivity index (χ0n) is 10.3. The van der Waals surface area contributed by atoms with Gasteiger partial charge in [-0.05, 0) is 60.0 Å². The van der Waals surface area contributed by atoms with Gasteiger partial charge in [-0.2, -0.15) is 0 Å². The Hall–Kier alpha value is -0.730. The molecule has 0 aromatic heterocycles. The fourth-order valence-electron chi connectivity index (χ4n) is 1.97. The second kappa shape index (κ2) is 5.28. The minimum Gasteiger partial charge on any atom is -0.0884 e. The van der Waals surface area contributed by atoms with Crippen LogP contribution in [0.5, 0.6) is 0 Å². The number of aryl methyl sites for hydroxylation is 3. The first-order chi connectivity index (χ1) is 8.08. The lowest BCUT2D eigenvalue weighted by atomic mass is 10.1. The molecule has 0 atom stereocenters. The summed E-state index contributed by atoms with van der Waals surface area (Å²) in [5.41, 5.74) is 4.03. The summed E-state index contributed by atoms with van der Waals surface area (Å²) in [6, 6.07) is 12.8. The molecule has 0 aliphatic carbocycles. The van der Waals surface area contributed by atoms with E-state index < -0.39 is 0 Å². The van der Waals surface area contributed by atoms with Crippen LogP contribution in [0.15, 0.2) is 50.7 Å². The fourth-order valence-corrected chi connectivity index (χ4v) is 3.46. The molecule has 2 aromatic carbocycles. The number of rotatable bonds is 2. The van der Waals surface area contributed by atoms with Crippen LogP contribution in [0.2, 0.25) is 0 Å². The van der Waals surface area contributed by atoms with Crippen molar-refractivity contribution in [2.75, 3.05) is 0 Å². The first-order valence-electron chi connectivity index (χ1n) is 5.58. The van der Waals surface area contributed by atoms with E-state index in [1.165, 1.54) is 26.5 Å². The number of hydrogen-bond acceptors (Lipinski definition) is 1. The van der Waals surface area contributed by atoms with Gasteiger partial charge in [0.2, 0.25) is 0 Å². The lowest BCUT2D eigenvalue weighted by Crippen LogP contribution is -1.88. The largest absolute Gasteiger partial charge is 0.0884 e. The molecule has 0 fully saturated rings. The van der Waals surface area contributed by atoms with Crippen LogP contribution < -0.4 is 0 Å². The van der Waals surface area contributed by atoms with Crippen LogP contribution in [-0.2, 0) is 0 Å². The maximum absolute atomic E-state index is 3.60. The Balaban J connectivity index is 2.40. The monoisotopic (exact) mass is 306 g/mol. The van der Waals surface area contributed by atoms with Crippen molar-refractivity contribution in [1.82, 2.24) is 0 Å². The summed E-state index contributed by atoms with van der Waals surface area (Å²) in [6.07, 6.45) is 0. The predicted octanol–water partition coefficient (Wildman–Crippen LogP) is 5.53. The zero-order valence-corrected chi connectivity index (χ0v) is 12.7. The van der Waals surface area contributed by atoms with Crippen molar-refractivity contribution in [3.05, 3.63) is 57.6 Å². The highest BCUT2D eigenvalue weighted by molar-refractivity contribution is 9.10. The van der Waals surface area contributed by atoms with Crippen LogP contribution in [-0.4, -0.2) is 0 Å². The molecule has 0 saturated carbocycles. The maximum atomic E-state index is 3.60. The van der Waals surface area contributed by atoms with Crippen LogP contribution in [0.3, 0.4) is 0 Å². The molecule has 17 heavy (non-hydrogen) atoms. The van der Waals surface area contributed by atoms with E-state index >= 15 is 0 Å². The number of benzene rings is 2. The Kier molecular flexibility index (Phi) is 3.95. The molecular weight excluding hydrogens is 292 g/mol. The Bertz CT molecular complexity index is 523. The van der Waals surface area contributed by atoms with E-state index in [9.17, 15) is 0 Å². The summed E-state index contributed by atoms with van der Waals surface area (Å²) in [5, 5.41) is 0. The molecule has 2 rings (SSSR count). The topological polar surface area (TPSA) is 0 Å². The standard InChI is InChI=1S/C15H15BrS/c1-10-8-11(2)15(12(3)9-10)17-14-7-5-4-6-13(14)16/h4-9H,1-3H3. The van der Waals surface area contributed by atoms with Crippen molar-refractivity contribution in [1.29, 1.82) is 0 Å². The molecule has 0 N–H and O–H groups in total. The molecule has 0 radical (unpaired) electrons. The Morgan fingerprint density at radius 3 is 2.12 bits per heavy atom. The number of halogens is 1. The molecule has 0 aliphatic rings. The summed E-state index contributed by atoms with van der Waals surface area (Å²) in [4.78, 5) is 2.63. The molecule has 0 unspecified atom stereocenters. The van der Waals surface area contributed by atoms with Crippen molar-refractivity contribution in [2.45, 2.75) is 30.6 Å². The zero-order chi connectivity index (χ0) is 12.4. The molecule has 88 valence electrons. The average molecular weight is 307 g/mol. The first-order valence-corrected chi connectivity index (χ1v) is 7.19. The van der Waals surface area contributed by atoms with E-state index in [4.69, 9.17) is 0 Å². The summed E-state index contributed by atoms with van der Waals surface area (Å²) >= 11 is 5.43. The van der Waals surface area contributed by atoms with Crippen LogP contribution >= 0.6 is 27.7 Å². The van der Waals surface area contributed by atoms with Gasteiger partial charge in [0.15, 0.2) is 0 Å². The SMILES string of the molecule is Cc1cc(C)c(Sc2ccccc2Br)c(C)c1. The van der Waals surface area contributed by atoms with Gasteiger partial charge in [-0.25, -0.2) is 0 Å². The van der Waals surface area contributed by atoms with Gasteiger partial charge in [0.1, 0.15) is 0 Å². The Morgan fingerprint density at radius 1 is 0.941 bits per heavy atom. The lowest BCUT2D eigenvalue weighted by molar-refractivity contribution is 1.18. The molecule has 0 bridgehead atoms. The molecule has 0 nitrogen and oxygen atoms in total. The van der Waals surface area contributed by atoms with Gasteiger partial charge in [-0.1, -0.05) is 41.6 Å². The fraction of sp³-hybridized carbons (Fsp3) is 0.200. The van der Waals surface area contributed by atoms with Crippen LogP contribution in [0.25, 0.3) is 0 Å². The lowest BCUT2D eigenvalue weighted by Gasteiger charge is -2.11. The molecule has 2 aromatic rings. The Morgan fingerprint density at radius 2 is 1.53 bits per heavy atom. The number of hydrogen-bond donors (Lipinski definition) is 0. The third-order valence-electron chi connectivity index (χ3n) is 2.65. The van der Waals surface area contributed by atoms with Crippen molar-refractivity contribution in [2.24, 2.45) is 0 Å². The van der Waals surface area contributed by atoms with Crippen molar-refractivity contribution in [3.63, 3.8) is 0 Å². The van der Waals surface area contributed by atoms with Crippen LogP contribution in [0, 0.1) is 20.8 Å². The molecule has 0 saturated heterocycles. The van der Waals surface area contributed by atoms with E-state index in [1.54, 1.807) is 0 Å². The second-order valence-electron chi connectivity index (χ2n) is 4.26. The van der Waals surface area contributed by atoms with E-state index in [1.807, 2.05) is 17.8 Å². The van der Waals surface area contributed by atoms with E-state index in [-0.39, 0.29) is 0 Å².